The second-order valence-corrected chi connectivity index (χ2v) is 8.56. The first kappa shape index (κ1) is 21.4. The molecular weight excluding hydrogens is 507 g/mol. The summed E-state index contributed by atoms with van der Waals surface area (Å²) in [5.74, 6) is -1.31. The normalized spacial score (nSPS) is 14.2. The van der Waals surface area contributed by atoms with Crippen molar-refractivity contribution in [3.05, 3.63) is 49.4 Å². The lowest BCUT2D eigenvalue weighted by molar-refractivity contribution is -0.114. The Labute approximate surface area is 185 Å². The van der Waals surface area contributed by atoms with E-state index in [1.807, 2.05) is 6.07 Å². The fourth-order valence-corrected chi connectivity index (χ4v) is 4.84. The monoisotopic (exact) mass is 526 g/mol. The highest BCUT2D eigenvalue weighted by molar-refractivity contribution is 14.1. The number of carbonyl (C=O) groups excluding carboxylic acids is 3. The number of benzene rings is 1. The molecule has 0 radical (unpaired) electrons. The lowest BCUT2D eigenvalue weighted by Gasteiger charge is -2.14. The molecule has 1 amide bonds. The summed E-state index contributed by atoms with van der Waals surface area (Å²) in [4.78, 5) is 42.3. The van der Waals surface area contributed by atoms with Gasteiger partial charge in [0.25, 0.3) is 0 Å². The van der Waals surface area contributed by atoms with Crippen molar-refractivity contribution >= 4 is 62.5 Å². The first-order valence-corrected chi connectivity index (χ1v) is 10.9. The van der Waals surface area contributed by atoms with E-state index in [2.05, 4.69) is 33.1 Å². The van der Waals surface area contributed by atoms with E-state index in [1.165, 1.54) is 18.3 Å². The predicted molar refractivity (Wildman–Crippen MR) is 119 cm³/mol. The number of hydrogen-bond donors (Lipinski definition) is 1. The summed E-state index contributed by atoms with van der Waals surface area (Å²) in [7, 11) is 0. The number of anilines is 1. The van der Waals surface area contributed by atoms with Crippen molar-refractivity contribution in [2.24, 2.45) is 5.16 Å². The minimum Gasteiger partial charge on any atom is -0.462 e. The van der Waals surface area contributed by atoms with Gasteiger partial charge in [-0.05, 0) is 72.5 Å². The van der Waals surface area contributed by atoms with Crippen LogP contribution in [0.15, 0.2) is 29.4 Å². The van der Waals surface area contributed by atoms with Gasteiger partial charge in [0.05, 0.1) is 28.3 Å². The quantitative estimate of drug-likeness (QED) is 0.270. The van der Waals surface area contributed by atoms with Gasteiger partial charge in [0.15, 0.2) is 0 Å². The lowest BCUT2D eigenvalue weighted by atomic mass is 9.94. The van der Waals surface area contributed by atoms with Gasteiger partial charge in [-0.25, -0.2) is 9.59 Å². The van der Waals surface area contributed by atoms with E-state index in [0.717, 1.165) is 20.4 Å². The molecule has 0 aliphatic heterocycles. The zero-order valence-electron chi connectivity index (χ0n) is 15.9. The van der Waals surface area contributed by atoms with Crippen molar-refractivity contribution in [3.63, 3.8) is 0 Å². The van der Waals surface area contributed by atoms with E-state index in [0.29, 0.717) is 34.7 Å². The summed E-state index contributed by atoms with van der Waals surface area (Å²) >= 11 is 3.37. The maximum Gasteiger partial charge on any atom is 0.365 e. The number of esters is 1. The number of carbonyl (C=O) groups is 3. The maximum absolute atomic E-state index is 12.5. The van der Waals surface area contributed by atoms with Gasteiger partial charge in [0, 0.05) is 10.5 Å². The van der Waals surface area contributed by atoms with Gasteiger partial charge in [0.2, 0.25) is 5.91 Å². The van der Waals surface area contributed by atoms with Crippen LogP contribution in [-0.4, -0.2) is 30.2 Å². The zero-order chi connectivity index (χ0) is 21.0. The van der Waals surface area contributed by atoms with Crippen LogP contribution in [0.2, 0.25) is 0 Å². The van der Waals surface area contributed by atoms with Crippen LogP contribution in [0.1, 0.15) is 57.8 Å². The van der Waals surface area contributed by atoms with Gasteiger partial charge < -0.3 is 14.9 Å². The van der Waals surface area contributed by atoms with Crippen LogP contribution in [0.25, 0.3) is 0 Å². The van der Waals surface area contributed by atoms with Crippen LogP contribution in [0, 0.1) is 3.57 Å². The topological polar surface area (TPSA) is 94.1 Å². The summed E-state index contributed by atoms with van der Waals surface area (Å²) < 4.78 is 6.09. The number of ether oxygens (including phenoxy) is 1. The molecule has 0 saturated heterocycles. The molecule has 0 saturated carbocycles. The third kappa shape index (κ3) is 5.02. The number of amides is 1. The van der Waals surface area contributed by atoms with Gasteiger partial charge in [-0.2, -0.15) is 0 Å². The predicted octanol–water partition coefficient (Wildman–Crippen LogP) is 4.39. The standard InChI is InChI=1S/C20H19IN2O5S/c1-3-27-20(26)16-14-8-5-9-15(17(14)29-18(16)22-11(2)24)23-28-19(25)12-6-4-7-13(21)10-12/h4,6-7,10H,3,5,8-9H2,1-2H3,(H,22,24)/b23-15-. The molecule has 1 heterocycles. The first-order valence-electron chi connectivity index (χ1n) is 9.05. The third-order valence-corrected chi connectivity index (χ3v) is 6.05. The molecule has 3 rings (SSSR count). The zero-order valence-corrected chi connectivity index (χ0v) is 18.9. The Balaban J connectivity index is 1.93. The van der Waals surface area contributed by atoms with Crippen molar-refractivity contribution < 1.29 is 24.0 Å². The Hall–Kier alpha value is -2.27. The van der Waals surface area contributed by atoms with Gasteiger partial charge in [-0.15, -0.1) is 11.3 Å². The Kier molecular flexibility index (Phi) is 7.01. The molecular formula is C20H19IN2O5S. The summed E-state index contributed by atoms with van der Waals surface area (Å²) in [5, 5.41) is 7.21. The van der Waals surface area contributed by atoms with E-state index in [-0.39, 0.29) is 12.5 Å². The van der Waals surface area contributed by atoms with Crippen LogP contribution in [0.4, 0.5) is 5.00 Å². The summed E-state index contributed by atoms with van der Waals surface area (Å²) in [6.07, 6.45) is 2.01. The number of fused-ring (bicyclic) bond motifs is 1. The summed E-state index contributed by atoms with van der Waals surface area (Å²) in [6, 6.07) is 7.03. The average molecular weight is 526 g/mol. The number of rotatable bonds is 5. The molecule has 7 nitrogen and oxygen atoms in total. The van der Waals surface area contributed by atoms with Crippen molar-refractivity contribution in [3.8, 4) is 0 Å². The van der Waals surface area contributed by atoms with E-state index in [4.69, 9.17) is 9.57 Å². The SMILES string of the molecule is CCOC(=O)c1c(NC(C)=O)sc2c1CCC/C2=N/OC(=O)c1cccc(I)c1. The molecule has 0 bridgehead atoms. The highest BCUT2D eigenvalue weighted by Gasteiger charge is 2.30. The molecule has 0 spiro atoms. The minimum atomic E-state index is -0.549. The molecule has 0 unspecified atom stereocenters. The minimum absolute atomic E-state index is 0.234. The first-order chi connectivity index (χ1) is 13.9. The Morgan fingerprint density at radius 2 is 2.03 bits per heavy atom. The number of nitrogens with one attached hydrogen (secondary N) is 1. The molecule has 29 heavy (non-hydrogen) atoms. The Bertz CT molecular complexity index is 999. The van der Waals surface area contributed by atoms with Crippen LogP contribution in [0.5, 0.6) is 0 Å². The molecule has 9 heteroatoms. The number of oxime groups is 1. The molecule has 1 aromatic carbocycles. The summed E-state index contributed by atoms with van der Waals surface area (Å²) in [5.41, 5.74) is 2.12. The van der Waals surface area contributed by atoms with Crippen molar-refractivity contribution in [2.75, 3.05) is 11.9 Å². The van der Waals surface area contributed by atoms with Crippen LogP contribution in [-0.2, 0) is 20.8 Å². The fourth-order valence-electron chi connectivity index (χ4n) is 3.00. The molecule has 2 aromatic rings. The second kappa shape index (κ2) is 9.49. The number of thiophene rings is 1. The number of nitrogens with zero attached hydrogens (tertiary/aromatic N) is 1. The fraction of sp³-hybridized carbons (Fsp3) is 0.300. The largest absolute Gasteiger partial charge is 0.462 e. The smallest absolute Gasteiger partial charge is 0.365 e. The number of halogens is 1. The third-order valence-electron chi connectivity index (χ3n) is 4.18. The molecule has 1 N–H and O–H groups in total. The highest BCUT2D eigenvalue weighted by Crippen LogP contribution is 2.39. The van der Waals surface area contributed by atoms with Gasteiger partial charge in [0.1, 0.15) is 5.00 Å². The Morgan fingerprint density at radius 3 is 2.72 bits per heavy atom. The Morgan fingerprint density at radius 1 is 1.24 bits per heavy atom. The van der Waals surface area contributed by atoms with Crippen LogP contribution < -0.4 is 5.32 Å². The molecule has 1 aliphatic carbocycles. The van der Waals surface area contributed by atoms with E-state index in [1.54, 1.807) is 25.1 Å². The van der Waals surface area contributed by atoms with E-state index in [9.17, 15) is 14.4 Å². The molecule has 152 valence electrons. The van der Waals surface area contributed by atoms with Crippen LogP contribution in [0.3, 0.4) is 0 Å². The molecule has 1 aromatic heterocycles. The van der Waals surface area contributed by atoms with Gasteiger partial charge >= 0.3 is 11.9 Å². The van der Waals surface area contributed by atoms with Crippen molar-refractivity contribution in [2.45, 2.75) is 33.1 Å². The molecule has 1 aliphatic rings. The molecule has 0 atom stereocenters. The van der Waals surface area contributed by atoms with E-state index >= 15 is 0 Å². The van der Waals surface area contributed by atoms with Gasteiger partial charge in [-0.1, -0.05) is 11.2 Å². The van der Waals surface area contributed by atoms with E-state index < -0.39 is 11.9 Å². The van der Waals surface area contributed by atoms with Crippen LogP contribution >= 0.6 is 33.9 Å². The summed E-state index contributed by atoms with van der Waals surface area (Å²) in [6.45, 7) is 3.34. The van der Waals surface area contributed by atoms with Gasteiger partial charge in [-0.3, -0.25) is 4.79 Å². The second-order valence-electron chi connectivity index (χ2n) is 6.30. The maximum atomic E-state index is 12.5. The lowest BCUT2D eigenvalue weighted by Crippen LogP contribution is -2.16. The average Bonchev–Trinajstić information content (AvgIpc) is 3.04. The number of hydrogen-bond acceptors (Lipinski definition) is 7. The van der Waals surface area contributed by atoms with Crippen molar-refractivity contribution in [1.82, 2.24) is 0 Å². The van der Waals surface area contributed by atoms with Crippen molar-refractivity contribution in [1.29, 1.82) is 0 Å². The highest BCUT2D eigenvalue weighted by atomic mass is 127. The molecule has 0 fully saturated rings.